The van der Waals surface area contributed by atoms with Crippen LogP contribution in [0.1, 0.15) is 17.2 Å². The summed E-state index contributed by atoms with van der Waals surface area (Å²) in [7, 11) is 1.74. The van der Waals surface area contributed by atoms with Crippen LogP contribution in [-0.2, 0) is 4.79 Å². The van der Waals surface area contributed by atoms with Gasteiger partial charge in [0.2, 0.25) is 5.91 Å². The maximum Gasteiger partial charge on any atom is 0.246 e. The summed E-state index contributed by atoms with van der Waals surface area (Å²) in [5, 5.41) is 5.75. The first-order chi connectivity index (χ1) is 10.1. The standard InChI is InChI=1S/C16H15FN2O2/c1-9-3-4-10(17)7-14(9)21-11-5-6-12-13(8-11)19-16(20)15(12)18-2/h3-8,15,18H,1-2H3,(H,19,20). The Morgan fingerprint density at radius 1 is 1.24 bits per heavy atom. The molecule has 0 bridgehead atoms. The first kappa shape index (κ1) is 13.6. The Kier molecular flexibility index (Phi) is 3.35. The van der Waals surface area contributed by atoms with Crippen LogP contribution in [0, 0.1) is 12.7 Å². The molecule has 1 aliphatic heterocycles. The quantitative estimate of drug-likeness (QED) is 0.911. The molecule has 2 aromatic carbocycles. The third-order valence-corrected chi connectivity index (χ3v) is 3.52. The highest BCUT2D eigenvalue weighted by Gasteiger charge is 2.29. The molecule has 5 heteroatoms. The predicted octanol–water partition coefficient (Wildman–Crippen LogP) is 3.14. The topological polar surface area (TPSA) is 50.4 Å². The predicted molar refractivity (Wildman–Crippen MR) is 78.1 cm³/mol. The summed E-state index contributed by atoms with van der Waals surface area (Å²) in [6.07, 6.45) is 0. The molecule has 0 spiro atoms. The Bertz CT molecular complexity index is 715. The second-order valence-electron chi connectivity index (χ2n) is 4.97. The molecular weight excluding hydrogens is 271 g/mol. The maximum atomic E-state index is 13.3. The lowest BCUT2D eigenvalue weighted by Gasteiger charge is -2.11. The summed E-state index contributed by atoms with van der Waals surface area (Å²) >= 11 is 0. The molecule has 0 saturated carbocycles. The highest BCUT2D eigenvalue weighted by Crippen LogP contribution is 2.35. The van der Waals surface area contributed by atoms with Crippen LogP contribution in [-0.4, -0.2) is 13.0 Å². The van der Waals surface area contributed by atoms with E-state index in [9.17, 15) is 9.18 Å². The van der Waals surface area contributed by atoms with Crippen molar-refractivity contribution >= 4 is 11.6 Å². The van der Waals surface area contributed by atoms with Crippen LogP contribution < -0.4 is 15.4 Å². The van der Waals surface area contributed by atoms with E-state index < -0.39 is 0 Å². The number of nitrogens with one attached hydrogen (secondary N) is 2. The third kappa shape index (κ3) is 2.48. The van der Waals surface area contributed by atoms with Crippen molar-refractivity contribution in [1.29, 1.82) is 0 Å². The Hall–Kier alpha value is -2.40. The van der Waals surface area contributed by atoms with Gasteiger partial charge in [0.1, 0.15) is 23.4 Å². The highest BCUT2D eigenvalue weighted by molar-refractivity contribution is 6.02. The van der Waals surface area contributed by atoms with Gasteiger partial charge in [0.25, 0.3) is 0 Å². The maximum absolute atomic E-state index is 13.3. The number of halogens is 1. The monoisotopic (exact) mass is 286 g/mol. The normalized spacial score (nSPS) is 16.5. The fourth-order valence-electron chi connectivity index (χ4n) is 2.40. The molecule has 108 valence electrons. The zero-order valence-corrected chi connectivity index (χ0v) is 11.7. The van der Waals surface area contributed by atoms with Crippen molar-refractivity contribution in [2.75, 3.05) is 12.4 Å². The number of hydrogen-bond acceptors (Lipinski definition) is 3. The van der Waals surface area contributed by atoms with Crippen molar-refractivity contribution in [2.45, 2.75) is 13.0 Å². The van der Waals surface area contributed by atoms with Gasteiger partial charge in [0.05, 0.1) is 0 Å². The minimum absolute atomic E-state index is 0.0911. The number of benzene rings is 2. The second kappa shape index (κ2) is 5.18. The lowest BCUT2D eigenvalue weighted by atomic mass is 10.1. The molecule has 0 fully saturated rings. The van der Waals surface area contributed by atoms with E-state index in [-0.39, 0.29) is 17.8 Å². The number of amides is 1. The van der Waals surface area contributed by atoms with Crippen LogP contribution in [0.2, 0.25) is 0 Å². The van der Waals surface area contributed by atoms with E-state index in [1.54, 1.807) is 25.2 Å². The van der Waals surface area contributed by atoms with E-state index in [1.807, 2.05) is 13.0 Å². The van der Waals surface area contributed by atoms with Crippen LogP contribution >= 0.6 is 0 Å². The Morgan fingerprint density at radius 2 is 2.05 bits per heavy atom. The molecule has 2 N–H and O–H groups in total. The minimum atomic E-state index is -0.347. The van der Waals surface area contributed by atoms with Crippen LogP contribution in [0.3, 0.4) is 0 Å². The van der Waals surface area contributed by atoms with Crippen LogP contribution in [0.5, 0.6) is 11.5 Å². The van der Waals surface area contributed by atoms with Gasteiger partial charge >= 0.3 is 0 Å². The van der Waals surface area contributed by atoms with Gasteiger partial charge < -0.3 is 15.4 Å². The van der Waals surface area contributed by atoms with Gasteiger partial charge in [0, 0.05) is 23.4 Å². The molecule has 3 rings (SSSR count). The van der Waals surface area contributed by atoms with Gasteiger partial charge in [-0.1, -0.05) is 12.1 Å². The molecule has 2 aromatic rings. The van der Waals surface area contributed by atoms with Crippen molar-refractivity contribution in [3.8, 4) is 11.5 Å². The summed E-state index contributed by atoms with van der Waals surface area (Å²) in [6.45, 7) is 1.85. The summed E-state index contributed by atoms with van der Waals surface area (Å²) < 4.78 is 19.0. The molecule has 21 heavy (non-hydrogen) atoms. The van der Waals surface area contributed by atoms with Crippen molar-refractivity contribution in [3.63, 3.8) is 0 Å². The molecule has 0 aromatic heterocycles. The molecule has 1 heterocycles. The smallest absolute Gasteiger partial charge is 0.246 e. The van der Waals surface area contributed by atoms with Crippen molar-refractivity contribution in [3.05, 3.63) is 53.3 Å². The van der Waals surface area contributed by atoms with Crippen molar-refractivity contribution in [1.82, 2.24) is 5.32 Å². The molecule has 0 radical (unpaired) electrons. The number of likely N-dealkylation sites (N-methyl/N-ethyl adjacent to an activating group) is 1. The van der Waals surface area contributed by atoms with Crippen molar-refractivity contribution < 1.29 is 13.9 Å². The Morgan fingerprint density at radius 3 is 2.81 bits per heavy atom. The van der Waals surface area contributed by atoms with Gasteiger partial charge in [-0.25, -0.2) is 4.39 Å². The number of aryl methyl sites for hydroxylation is 1. The van der Waals surface area contributed by atoms with E-state index in [2.05, 4.69) is 10.6 Å². The number of ether oxygens (including phenoxy) is 1. The van der Waals surface area contributed by atoms with Gasteiger partial charge in [-0.3, -0.25) is 4.79 Å². The van der Waals surface area contributed by atoms with Crippen LogP contribution in [0.25, 0.3) is 0 Å². The summed E-state index contributed by atoms with van der Waals surface area (Å²) in [5.41, 5.74) is 2.44. The number of carbonyl (C=O) groups excluding carboxylic acids is 1. The second-order valence-corrected chi connectivity index (χ2v) is 4.97. The largest absolute Gasteiger partial charge is 0.457 e. The van der Waals surface area contributed by atoms with Gasteiger partial charge in [0.15, 0.2) is 0 Å². The third-order valence-electron chi connectivity index (χ3n) is 3.52. The zero-order valence-electron chi connectivity index (χ0n) is 11.7. The Balaban J connectivity index is 1.90. The molecule has 0 saturated heterocycles. The molecule has 4 nitrogen and oxygen atoms in total. The number of anilines is 1. The van der Waals surface area contributed by atoms with Crippen LogP contribution in [0.4, 0.5) is 10.1 Å². The average molecular weight is 286 g/mol. The van der Waals surface area contributed by atoms with Crippen LogP contribution in [0.15, 0.2) is 36.4 Å². The SMILES string of the molecule is CNC1C(=O)Nc2cc(Oc3cc(F)ccc3C)ccc21. The van der Waals surface area contributed by atoms with E-state index in [0.29, 0.717) is 17.2 Å². The molecule has 1 atom stereocenters. The van der Waals surface area contributed by atoms with E-state index >= 15 is 0 Å². The number of carbonyl (C=O) groups is 1. The first-order valence-electron chi connectivity index (χ1n) is 6.64. The molecule has 1 unspecified atom stereocenters. The number of hydrogen-bond donors (Lipinski definition) is 2. The number of rotatable bonds is 3. The molecular formula is C16H15FN2O2. The fourth-order valence-corrected chi connectivity index (χ4v) is 2.40. The van der Waals surface area contributed by atoms with E-state index in [4.69, 9.17) is 4.74 Å². The fraction of sp³-hybridized carbons (Fsp3) is 0.188. The summed E-state index contributed by atoms with van der Waals surface area (Å²) in [5.74, 6) is 0.579. The van der Waals surface area contributed by atoms with Gasteiger partial charge in [-0.15, -0.1) is 0 Å². The first-order valence-corrected chi connectivity index (χ1v) is 6.64. The zero-order chi connectivity index (χ0) is 15.0. The summed E-state index contributed by atoms with van der Waals surface area (Å²) in [6, 6.07) is 9.41. The molecule has 1 amide bonds. The van der Waals surface area contributed by atoms with Crippen molar-refractivity contribution in [2.24, 2.45) is 0 Å². The number of fused-ring (bicyclic) bond motifs is 1. The average Bonchev–Trinajstić information content (AvgIpc) is 2.77. The molecule has 0 aliphatic carbocycles. The summed E-state index contributed by atoms with van der Waals surface area (Å²) in [4.78, 5) is 11.8. The van der Waals surface area contributed by atoms with E-state index in [0.717, 1.165) is 11.1 Å². The minimum Gasteiger partial charge on any atom is -0.457 e. The van der Waals surface area contributed by atoms with Gasteiger partial charge in [-0.2, -0.15) is 0 Å². The lowest BCUT2D eigenvalue weighted by molar-refractivity contribution is -0.117. The lowest BCUT2D eigenvalue weighted by Crippen LogP contribution is -2.23. The van der Waals surface area contributed by atoms with E-state index in [1.165, 1.54) is 12.1 Å². The Labute approximate surface area is 121 Å². The van der Waals surface area contributed by atoms with Gasteiger partial charge in [-0.05, 0) is 31.7 Å². The molecule has 1 aliphatic rings. The highest BCUT2D eigenvalue weighted by atomic mass is 19.1.